The highest BCUT2D eigenvalue weighted by molar-refractivity contribution is 7.93. The molecule has 0 aliphatic carbocycles. The van der Waals surface area contributed by atoms with Crippen molar-refractivity contribution >= 4 is 21.6 Å². The SMILES string of the molecule is CCOc1ccccc1C1(N)C(=O)N(S(=O)(=O)c2c(C)noc2C)c2ccc(OC)cc21. The Balaban J connectivity index is 2.02. The summed E-state index contributed by atoms with van der Waals surface area (Å²) in [7, 11) is -2.90. The van der Waals surface area contributed by atoms with Crippen LogP contribution in [0.15, 0.2) is 51.9 Å². The van der Waals surface area contributed by atoms with Crippen molar-refractivity contribution in [2.75, 3.05) is 18.0 Å². The number of rotatable bonds is 6. The smallest absolute Gasteiger partial charge is 0.276 e. The highest BCUT2D eigenvalue weighted by atomic mass is 32.2. The number of amides is 1. The van der Waals surface area contributed by atoms with Gasteiger partial charge in [-0.15, -0.1) is 0 Å². The Morgan fingerprint density at radius 1 is 1.16 bits per heavy atom. The van der Waals surface area contributed by atoms with Crippen molar-refractivity contribution < 1.29 is 27.2 Å². The molecule has 4 rings (SSSR count). The fourth-order valence-corrected chi connectivity index (χ4v) is 5.80. The Hall–Kier alpha value is -3.37. The van der Waals surface area contributed by atoms with Gasteiger partial charge in [-0.05, 0) is 45.0 Å². The lowest BCUT2D eigenvalue weighted by molar-refractivity contribution is -0.120. The Kier molecular flexibility index (Phi) is 5.22. The third-order valence-corrected chi connectivity index (χ3v) is 7.39. The number of hydrogen-bond donors (Lipinski definition) is 1. The van der Waals surface area contributed by atoms with Gasteiger partial charge in [-0.25, -0.2) is 12.7 Å². The molecule has 2 aromatic carbocycles. The fourth-order valence-electron chi connectivity index (χ4n) is 4.03. The number of benzene rings is 2. The molecule has 1 aliphatic heterocycles. The van der Waals surface area contributed by atoms with Gasteiger partial charge >= 0.3 is 0 Å². The standard InChI is InChI=1S/C22H23N3O6S/c1-5-30-19-9-7-6-8-16(19)22(23)17-12-15(29-4)10-11-18(17)25(21(22)26)32(27,28)20-13(2)24-31-14(20)3/h6-12H,5,23H2,1-4H3. The van der Waals surface area contributed by atoms with Crippen LogP contribution in [-0.2, 0) is 20.4 Å². The first kappa shape index (κ1) is 21.8. The van der Waals surface area contributed by atoms with Gasteiger partial charge in [0, 0.05) is 11.1 Å². The van der Waals surface area contributed by atoms with Crippen LogP contribution in [-0.4, -0.2) is 33.2 Å². The lowest BCUT2D eigenvalue weighted by Gasteiger charge is -2.26. The molecule has 32 heavy (non-hydrogen) atoms. The minimum atomic E-state index is -4.38. The van der Waals surface area contributed by atoms with Crippen LogP contribution >= 0.6 is 0 Å². The van der Waals surface area contributed by atoms with Crippen LogP contribution in [0.4, 0.5) is 5.69 Å². The van der Waals surface area contributed by atoms with E-state index >= 15 is 0 Å². The third kappa shape index (κ3) is 2.98. The van der Waals surface area contributed by atoms with Crippen LogP contribution in [0, 0.1) is 13.8 Å². The highest BCUT2D eigenvalue weighted by Gasteiger charge is 2.55. The van der Waals surface area contributed by atoms with Gasteiger partial charge in [0.2, 0.25) is 0 Å². The monoisotopic (exact) mass is 457 g/mol. The first-order chi connectivity index (χ1) is 15.2. The number of fused-ring (bicyclic) bond motifs is 1. The van der Waals surface area contributed by atoms with Gasteiger partial charge in [0.25, 0.3) is 15.9 Å². The summed E-state index contributed by atoms with van der Waals surface area (Å²) >= 11 is 0. The maximum atomic E-state index is 13.9. The average Bonchev–Trinajstić information content (AvgIpc) is 3.23. The summed E-state index contributed by atoms with van der Waals surface area (Å²) < 4.78 is 44.2. The maximum Gasteiger partial charge on any atom is 0.276 e. The predicted octanol–water partition coefficient (Wildman–Crippen LogP) is 2.64. The molecule has 0 saturated carbocycles. The average molecular weight is 458 g/mol. The lowest BCUT2D eigenvalue weighted by Crippen LogP contribution is -2.50. The van der Waals surface area contributed by atoms with Crippen LogP contribution in [0.25, 0.3) is 0 Å². The molecule has 0 fully saturated rings. The molecule has 0 saturated heterocycles. The quantitative estimate of drug-likeness (QED) is 0.599. The van der Waals surface area contributed by atoms with E-state index in [2.05, 4.69) is 5.16 Å². The van der Waals surface area contributed by atoms with Gasteiger partial charge in [-0.1, -0.05) is 23.4 Å². The number of carbonyl (C=O) groups is 1. The number of anilines is 1. The number of nitrogens with two attached hydrogens (primary N) is 1. The minimum absolute atomic E-state index is 0.0783. The highest BCUT2D eigenvalue weighted by Crippen LogP contribution is 2.49. The molecule has 1 aromatic heterocycles. The van der Waals surface area contributed by atoms with Crippen LogP contribution < -0.4 is 19.5 Å². The van der Waals surface area contributed by atoms with E-state index in [0.717, 1.165) is 4.31 Å². The van der Waals surface area contributed by atoms with Gasteiger partial charge in [-0.3, -0.25) is 4.79 Å². The second kappa shape index (κ2) is 7.64. The van der Waals surface area contributed by atoms with Crippen LogP contribution in [0.5, 0.6) is 11.5 Å². The Morgan fingerprint density at radius 3 is 2.50 bits per heavy atom. The molecule has 168 valence electrons. The number of aryl methyl sites for hydroxylation is 2. The van der Waals surface area contributed by atoms with E-state index in [0.29, 0.717) is 23.7 Å². The normalized spacial score (nSPS) is 18.0. The third-order valence-electron chi connectivity index (χ3n) is 5.45. The molecular weight excluding hydrogens is 434 g/mol. The second-order valence-electron chi connectivity index (χ2n) is 7.35. The predicted molar refractivity (Wildman–Crippen MR) is 116 cm³/mol. The van der Waals surface area contributed by atoms with Crippen molar-refractivity contribution in [2.24, 2.45) is 5.73 Å². The van der Waals surface area contributed by atoms with E-state index < -0.39 is 21.5 Å². The molecule has 2 N–H and O–H groups in total. The molecule has 1 amide bonds. The number of aromatic nitrogens is 1. The summed E-state index contributed by atoms with van der Waals surface area (Å²) in [6.07, 6.45) is 0. The van der Waals surface area contributed by atoms with E-state index in [1.54, 1.807) is 36.4 Å². The fraction of sp³-hybridized carbons (Fsp3) is 0.273. The number of methoxy groups -OCH3 is 1. The van der Waals surface area contributed by atoms with Crippen LogP contribution in [0.2, 0.25) is 0 Å². The molecule has 9 nitrogen and oxygen atoms in total. The van der Waals surface area contributed by atoms with Crippen molar-refractivity contribution in [1.29, 1.82) is 0 Å². The molecular formula is C22H23N3O6S. The summed E-state index contributed by atoms with van der Waals surface area (Å²) in [5.74, 6) is 0.0514. The summed E-state index contributed by atoms with van der Waals surface area (Å²) in [4.78, 5) is 13.7. The summed E-state index contributed by atoms with van der Waals surface area (Å²) in [5.41, 5.74) is 5.85. The zero-order valence-corrected chi connectivity index (χ0v) is 18.9. The molecule has 1 unspecified atom stereocenters. The zero-order valence-electron chi connectivity index (χ0n) is 18.1. The van der Waals surface area contributed by atoms with E-state index in [1.807, 2.05) is 6.92 Å². The summed E-state index contributed by atoms with van der Waals surface area (Å²) in [5, 5.41) is 3.73. The van der Waals surface area contributed by atoms with E-state index in [-0.39, 0.29) is 27.6 Å². The molecule has 2 heterocycles. The molecule has 1 atom stereocenters. The molecule has 1 aliphatic rings. The first-order valence-electron chi connectivity index (χ1n) is 9.90. The molecule has 10 heteroatoms. The number of ether oxygens (including phenoxy) is 2. The summed E-state index contributed by atoms with van der Waals surface area (Å²) in [6.45, 7) is 5.12. The number of sulfonamides is 1. The van der Waals surface area contributed by atoms with Crippen molar-refractivity contribution in [3.05, 3.63) is 65.0 Å². The number of nitrogens with zero attached hydrogens (tertiary/aromatic N) is 2. The zero-order chi connectivity index (χ0) is 23.3. The van der Waals surface area contributed by atoms with Gasteiger partial charge in [-0.2, -0.15) is 0 Å². The van der Waals surface area contributed by atoms with Crippen LogP contribution in [0.3, 0.4) is 0 Å². The van der Waals surface area contributed by atoms with Crippen molar-refractivity contribution in [1.82, 2.24) is 5.16 Å². The Bertz CT molecular complexity index is 1300. The molecule has 3 aromatic rings. The number of carbonyl (C=O) groups excluding carboxylic acids is 1. The molecule has 0 radical (unpaired) electrons. The van der Waals surface area contributed by atoms with E-state index in [9.17, 15) is 13.2 Å². The van der Waals surface area contributed by atoms with Gasteiger partial charge in [0.15, 0.2) is 16.2 Å². The van der Waals surface area contributed by atoms with E-state index in [4.69, 9.17) is 19.7 Å². The summed E-state index contributed by atoms with van der Waals surface area (Å²) in [6, 6.07) is 11.4. The number of para-hydroxylation sites is 1. The molecule has 0 spiro atoms. The van der Waals surface area contributed by atoms with Crippen LogP contribution in [0.1, 0.15) is 29.5 Å². The number of hydrogen-bond acceptors (Lipinski definition) is 8. The van der Waals surface area contributed by atoms with Gasteiger partial charge in [0.05, 0.1) is 19.4 Å². The van der Waals surface area contributed by atoms with Crippen molar-refractivity contribution in [2.45, 2.75) is 31.2 Å². The second-order valence-corrected chi connectivity index (χ2v) is 9.07. The molecule has 0 bridgehead atoms. The Labute approximate surface area is 185 Å². The van der Waals surface area contributed by atoms with Gasteiger partial charge < -0.3 is 19.7 Å². The Morgan fingerprint density at radius 2 is 1.88 bits per heavy atom. The largest absolute Gasteiger partial charge is 0.497 e. The topological polar surface area (TPSA) is 125 Å². The lowest BCUT2D eigenvalue weighted by atomic mass is 9.84. The van der Waals surface area contributed by atoms with Crippen molar-refractivity contribution in [3.8, 4) is 11.5 Å². The van der Waals surface area contributed by atoms with E-state index in [1.165, 1.54) is 27.0 Å². The maximum absolute atomic E-state index is 13.9. The minimum Gasteiger partial charge on any atom is -0.497 e. The first-order valence-corrected chi connectivity index (χ1v) is 11.3. The van der Waals surface area contributed by atoms with Gasteiger partial charge in [0.1, 0.15) is 17.2 Å². The van der Waals surface area contributed by atoms with Crippen molar-refractivity contribution in [3.63, 3.8) is 0 Å².